The third-order valence-corrected chi connectivity index (χ3v) is 4.34. The van der Waals surface area contributed by atoms with Crippen molar-refractivity contribution in [3.05, 3.63) is 59.1 Å². The molecule has 3 N–H and O–H groups in total. The molecule has 0 aliphatic carbocycles. The highest BCUT2D eigenvalue weighted by Gasteiger charge is 2.17. The van der Waals surface area contributed by atoms with E-state index in [1.165, 1.54) is 6.92 Å². The first-order valence-electron chi connectivity index (χ1n) is 9.45. The van der Waals surface area contributed by atoms with E-state index in [1.54, 1.807) is 48.5 Å². The van der Waals surface area contributed by atoms with Crippen LogP contribution in [0.4, 0.5) is 11.4 Å². The van der Waals surface area contributed by atoms with Crippen LogP contribution in [0.25, 0.3) is 0 Å². The van der Waals surface area contributed by atoms with Crippen molar-refractivity contribution in [2.45, 2.75) is 39.7 Å². The van der Waals surface area contributed by atoms with Crippen LogP contribution in [-0.2, 0) is 14.4 Å². The predicted octanol–water partition coefficient (Wildman–Crippen LogP) is 4.53. The van der Waals surface area contributed by atoms with E-state index >= 15 is 0 Å². The largest absolute Gasteiger partial charge is 0.349 e. The Kier molecular flexibility index (Phi) is 8.21. The van der Waals surface area contributed by atoms with Gasteiger partial charge < -0.3 is 16.0 Å². The summed E-state index contributed by atoms with van der Waals surface area (Å²) >= 11 is 5.91. The van der Waals surface area contributed by atoms with Gasteiger partial charge in [0, 0.05) is 29.7 Å². The maximum atomic E-state index is 12.5. The summed E-state index contributed by atoms with van der Waals surface area (Å²) in [4.78, 5) is 35.8. The molecule has 1 unspecified atom stereocenters. The zero-order valence-electron chi connectivity index (χ0n) is 16.8. The van der Waals surface area contributed by atoms with Crippen LogP contribution in [0.15, 0.2) is 48.5 Å². The van der Waals surface area contributed by atoms with E-state index in [4.69, 9.17) is 11.6 Å². The maximum absolute atomic E-state index is 12.5. The van der Waals surface area contributed by atoms with Crippen molar-refractivity contribution in [2.75, 3.05) is 10.6 Å². The molecule has 1 atom stereocenters. The summed E-state index contributed by atoms with van der Waals surface area (Å²) in [6.45, 7) is 5.38. The molecule has 0 saturated heterocycles. The van der Waals surface area contributed by atoms with Gasteiger partial charge in [-0.05, 0) is 47.9 Å². The zero-order chi connectivity index (χ0) is 21.4. The van der Waals surface area contributed by atoms with Gasteiger partial charge in [0.25, 0.3) is 0 Å². The molecule has 0 radical (unpaired) electrons. The summed E-state index contributed by atoms with van der Waals surface area (Å²) < 4.78 is 0. The summed E-state index contributed by atoms with van der Waals surface area (Å²) in [5.74, 6) is -0.224. The Balaban J connectivity index is 1.97. The molecule has 2 aromatic rings. The number of anilines is 2. The highest BCUT2D eigenvalue weighted by molar-refractivity contribution is 6.30. The molecule has 0 heterocycles. The molecule has 2 rings (SSSR count). The number of rotatable bonds is 8. The Morgan fingerprint density at radius 1 is 0.828 bits per heavy atom. The number of halogens is 1. The molecule has 0 fully saturated rings. The van der Waals surface area contributed by atoms with Crippen molar-refractivity contribution in [1.29, 1.82) is 0 Å². The molecule has 2 aromatic carbocycles. The number of benzene rings is 2. The third kappa shape index (κ3) is 7.95. The Morgan fingerprint density at radius 3 is 1.76 bits per heavy atom. The first kappa shape index (κ1) is 22.4. The second-order valence-corrected chi connectivity index (χ2v) is 7.72. The van der Waals surface area contributed by atoms with Crippen LogP contribution in [0.3, 0.4) is 0 Å². The van der Waals surface area contributed by atoms with Gasteiger partial charge in [-0.25, -0.2) is 0 Å². The number of carbonyl (C=O) groups is 3. The molecular formula is C22H26ClN3O3. The second-order valence-electron chi connectivity index (χ2n) is 7.28. The van der Waals surface area contributed by atoms with Crippen molar-refractivity contribution in [3.8, 4) is 0 Å². The van der Waals surface area contributed by atoms with Gasteiger partial charge in [0.2, 0.25) is 17.7 Å². The van der Waals surface area contributed by atoms with Gasteiger partial charge in [-0.3, -0.25) is 14.4 Å². The van der Waals surface area contributed by atoms with Crippen LogP contribution in [0, 0.1) is 5.92 Å². The van der Waals surface area contributed by atoms with E-state index < -0.39 is 6.04 Å². The van der Waals surface area contributed by atoms with Crippen molar-refractivity contribution in [3.63, 3.8) is 0 Å². The summed E-state index contributed by atoms with van der Waals surface area (Å²) in [6.07, 6.45) is 0.530. The highest BCUT2D eigenvalue weighted by Crippen LogP contribution is 2.21. The van der Waals surface area contributed by atoms with Crippen LogP contribution < -0.4 is 16.0 Å². The normalized spacial score (nSPS) is 11.6. The fourth-order valence-electron chi connectivity index (χ4n) is 2.81. The van der Waals surface area contributed by atoms with Crippen LogP contribution >= 0.6 is 11.6 Å². The SMILES string of the molecule is CC(=O)NC(CC(=O)Nc1ccc(NC(=O)CC(C)C)cc1)c1ccc(Cl)cc1. The van der Waals surface area contributed by atoms with Crippen molar-refractivity contribution < 1.29 is 14.4 Å². The minimum Gasteiger partial charge on any atom is -0.349 e. The summed E-state index contributed by atoms with van der Waals surface area (Å²) in [5, 5.41) is 9.01. The average molecular weight is 416 g/mol. The molecule has 0 aromatic heterocycles. The lowest BCUT2D eigenvalue weighted by atomic mass is 10.0. The molecule has 0 aliphatic heterocycles. The van der Waals surface area contributed by atoms with E-state index in [1.807, 2.05) is 13.8 Å². The van der Waals surface area contributed by atoms with Crippen molar-refractivity contribution in [2.24, 2.45) is 5.92 Å². The third-order valence-electron chi connectivity index (χ3n) is 4.09. The number of carbonyl (C=O) groups excluding carboxylic acids is 3. The minimum absolute atomic E-state index is 0.0436. The topological polar surface area (TPSA) is 87.3 Å². The van der Waals surface area contributed by atoms with E-state index in [-0.39, 0.29) is 30.1 Å². The van der Waals surface area contributed by atoms with Gasteiger partial charge in [-0.2, -0.15) is 0 Å². The van der Waals surface area contributed by atoms with E-state index in [9.17, 15) is 14.4 Å². The van der Waals surface area contributed by atoms with E-state index in [0.717, 1.165) is 5.56 Å². The molecule has 29 heavy (non-hydrogen) atoms. The van der Waals surface area contributed by atoms with E-state index in [2.05, 4.69) is 16.0 Å². The molecule has 0 spiro atoms. The molecule has 3 amide bonds. The second kappa shape index (κ2) is 10.6. The van der Waals surface area contributed by atoms with E-state index in [0.29, 0.717) is 22.8 Å². The molecule has 0 saturated carbocycles. The number of amides is 3. The Bertz CT molecular complexity index is 849. The Labute approximate surface area is 176 Å². The molecule has 7 heteroatoms. The van der Waals surface area contributed by atoms with Crippen molar-refractivity contribution >= 4 is 40.7 Å². The lowest BCUT2D eigenvalue weighted by Gasteiger charge is -2.18. The standard InChI is InChI=1S/C22H26ClN3O3/c1-14(2)12-21(28)25-18-8-10-19(11-9-18)26-22(29)13-20(24-15(3)27)16-4-6-17(23)7-5-16/h4-11,14,20H,12-13H2,1-3H3,(H,24,27)(H,25,28)(H,26,29). The average Bonchev–Trinajstić information content (AvgIpc) is 2.62. The fourth-order valence-corrected chi connectivity index (χ4v) is 2.94. The summed E-state index contributed by atoms with van der Waals surface area (Å²) in [5.41, 5.74) is 2.07. The fraction of sp³-hybridized carbons (Fsp3) is 0.318. The highest BCUT2D eigenvalue weighted by atomic mass is 35.5. The lowest BCUT2D eigenvalue weighted by Crippen LogP contribution is -2.29. The molecule has 0 bridgehead atoms. The monoisotopic (exact) mass is 415 g/mol. The zero-order valence-corrected chi connectivity index (χ0v) is 17.5. The van der Waals surface area contributed by atoms with Gasteiger partial charge >= 0.3 is 0 Å². The molecule has 154 valence electrons. The van der Waals surface area contributed by atoms with Gasteiger partial charge in [0.05, 0.1) is 12.5 Å². The Morgan fingerprint density at radius 2 is 1.31 bits per heavy atom. The van der Waals surface area contributed by atoms with Gasteiger partial charge in [0.1, 0.15) is 0 Å². The number of hydrogen-bond donors (Lipinski definition) is 3. The van der Waals surface area contributed by atoms with Gasteiger partial charge in [-0.15, -0.1) is 0 Å². The summed E-state index contributed by atoms with van der Waals surface area (Å²) in [7, 11) is 0. The molecule has 6 nitrogen and oxygen atoms in total. The van der Waals surface area contributed by atoms with Gasteiger partial charge in [-0.1, -0.05) is 37.6 Å². The minimum atomic E-state index is -0.459. The number of hydrogen-bond acceptors (Lipinski definition) is 3. The van der Waals surface area contributed by atoms with Gasteiger partial charge in [0.15, 0.2) is 0 Å². The lowest BCUT2D eigenvalue weighted by molar-refractivity contribution is -0.120. The first-order valence-corrected chi connectivity index (χ1v) is 9.83. The molecule has 0 aliphatic rings. The van der Waals surface area contributed by atoms with Crippen LogP contribution in [-0.4, -0.2) is 17.7 Å². The van der Waals surface area contributed by atoms with Crippen LogP contribution in [0.5, 0.6) is 0 Å². The van der Waals surface area contributed by atoms with Crippen LogP contribution in [0.2, 0.25) is 5.02 Å². The van der Waals surface area contributed by atoms with Crippen molar-refractivity contribution in [1.82, 2.24) is 5.32 Å². The maximum Gasteiger partial charge on any atom is 0.226 e. The molecular weight excluding hydrogens is 390 g/mol. The smallest absolute Gasteiger partial charge is 0.226 e. The predicted molar refractivity (Wildman–Crippen MR) is 116 cm³/mol. The first-order chi connectivity index (χ1) is 13.7. The quantitative estimate of drug-likeness (QED) is 0.591. The number of nitrogens with one attached hydrogen (secondary N) is 3. The Hall–Kier alpha value is -2.86. The summed E-state index contributed by atoms with van der Waals surface area (Å²) in [6, 6.07) is 13.5. The van der Waals surface area contributed by atoms with Crippen LogP contribution in [0.1, 0.15) is 45.2 Å².